The molecule has 132 valence electrons. The second-order valence-electron chi connectivity index (χ2n) is 6.15. The molecule has 7 nitrogen and oxygen atoms in total. The highest BCUT2D eigenvalue weighted by Crippen LogP contribution is 2.24. The Balaban J connectivity index is 1.59. The number of methoxy groups -OCH3 is 1. The van der Waals surface area contributed by atoms with E-state index in [0.717, 1.165) is 11.3 Å². The second kappa shape index (κ2) is 7.38. The Kier molecular flexibility index (Phi) is 5.02. The fourth-order valence-corrected chi connectivity index (χ4v) is 2.97. The molecule has 1 aliphatic rings. The number of likely N-dealkylation sites (tertiary alicyclic amines) is 1. The van der Waals surface area contributed by atoms with Crippen LogP contribution in [0, 0.1) is 5.92 Å². The summed E-state index contributed by atoms with van der Waals surface area (Å²) in [6.45, 7) is 1.10. The standard InChI is InChI=1S/C18H21N3O4/c1-24-15-4-2-12(3-5-15)16-10-14(20-25-16)11-17(22)21-8-6-13(7-9-21)18(19)23/h2-5,10,13H,6-9,11H2,1H3,(H2,19,23). The number of hydrogen-bond donors (Lipinski definition) is 1. The molecule has 0 spiro atoms. The van der Waals surface area contributed by atoms with E-state index < -0.39 is 0 Å². The second-order valence-corrected chi connectivity index (χ2v) is 6.15. The van der Waals surface area contributed by atoms with Crippen LogP contribution >= 0.6 is 0 Å². The van der Waals surface area contributed by atoms with Crippen LogP contribution < -0.4 is 10.5 Å². The Bertz CT molecular complexity index is 746. The zero-order valence-corrected chi connectivity index (χ0v) is 14.1. The van der Waals surface area contributed by atoms with E-state index in [-0.39, 0.29) is 24.2 Å². The number of primary amides is 1. The third-order valence-corrected chi connectivity index (χ3v) is 4.52. The van der Waals surface area contributed by atoms with Crippen LogP contribution in [0.2, 0.25) is 0 Å². The number of amides is 2. The van der Waals surface area contributed by atoms with Gasteiger partial charge < -0.3 is 19.9 Å². The topological polar surface area (TPSA) is 98.7 Å². The molecule has 0 unspecified atom stereocenters. The summed E-state index contributed by atoms with van der Waals surface area (Å²) in [7, 11) is 1.61. The minimum absolute atomic E-state index is 0.0162. The fraction of sp³-hybridized carbons (Fsp3) is 0.389. The number of carbonyl (C=O) groups is 2. The smallest absolute Gasteiger partial charge is 0.228 e. The number of piperidine rings is 1. The number of carbonyl (C=O) groups excluding carboxylic acids is 2. The minimum atomic E-state index is -0.285. The van der Waals surface area contributed by atoms with E-state index in [0.29, 0.717) is 37.4 Å². The Morgan fingerprint density at radius 1 is 1.28 bits per heavy atom. The van der Waals surface area contributed by atoms with E-state index in [9.17, 15) is 9.59 Å². The highest BCUT2D eigenvalue weighted by molar-refractivity contribution is 5.80. The minimum Gasteiger partial charge on any atom is -0.497 e. The first-order valence-corrected chi connectivity index (χ1v) is 8.24. The third kappa shape index (κ3) is 3.99. The highest BCUT2D eigenvalue weighted by atomic mass is 16.5. The van der Waals surface area contributed by atoms with E-state index in [1.165, 1.54) is 0 Å². The largest absolute Gasteiger partial charge is 0.497 e. The molecular weight excluding hydrogens is 322 g/mol. The molecule has 2 heterocycles. The Morgan fingerprint density at radius 3 is 2.56 bits per heavy atom. The van der Waals surface area contributed by atoms with Gasteiger partial charge in [0.05, 0.1) is 19.2 Å². The Labute approximate surface area is 145 Å². The molecule has 1 aliphatic heterocycles. The summed E-state index contributed by atoms with van der Waals surface area (Å²) >= 11 is 0. The zero-order chi connectivity index (χ0) is 17.8. The number of rotatable bonds is 5. The molecule has 0 aliphatic carbocycles. The van der Waals surface area contributed by atoms with Crippen molar-refractivity contribution < 1.29 is 18.8 Å². The zero-order valence-electron chi connectivity index (χ0n) is 14.1. The van der Waals surface area contributed by atoms with Crippen LogP contribution in [0.1, 0.15) is 18.5 Å². The molecule has 25 heavy (non-hydrogen) atoms. The fourth-order valence-electron chi connectivity index (χ4n) is 2.97. The lowest BCUT2D eigenvalue weighted by Crippen LogP contribution is -2.42. The SMILES string of the molecule is COc1ccc(-c2cc(CC(=O)N3CCC(C(N)=O)CC3)no2)cc1. The predicted molar refractivity (Wildman–Crippen MR) is 90.7 cm³/mol. The maximum absolute atomic E-state index is 12.4. The van der Waals surface area contributed by atoms with E-state index in [1.54, 1.807) is 18.1 Å². The highest BCUT2D eigenvalue weighted by Gasteiger charge is 2.26. The lowest BCUT2D eigenvalue weighted by atomic mass is 9.96. The summed E-state index contributed by atoms with van der Waals surface area (Å²) in [6.07, 6.45) is 1.43. The summed E-state index contributed by atoms with van der Waals surface area (Å²) in [5.41, 5.74) is 6.78. The van der Waals surface area contributed by atoms with Crippen LogP contribution in [0.5, 0.6) is 5.75 Å². The van der Waals surface area contributed by atoms with E-state index >= 15 is 0 Å². The number of benzene rings is 1. The van der Waals surface area contributed by atoms with Crippen LogP contribution in [0.15, 0.2) is 34.9 Å². The third-order valence-electron chi connectivity index (χ3n) is 4.52. The Morgan fingerprint density at radius 2 is 1.96 bits per heavy atom. The summed E-state index contributed by atoms with van der Waals surface area (Å²) < 4.78 is 10.5. The van der Waals surface area contributed by atoms with Gasteiger partial charge in [0.2, 0.25) is 11.8 Å². The number of nitrogens with zero attached hydrogens (tertiary/aromatic N) is 2. The van der Waals surface area contributed by atoms with Gasteiger partial charge in [0, 0.05) is 30.6 Å². The number of hydrogen-bond acceptors (Lipinski definition) is 5. The molecule has 2 aromatic rings. The van der Waals surface area contributed by atoms with Crippen LogP contribution in [0.3, 0.4) is 0 Å². The molecule has 0 atom stereocenters. The summed E-state index contributed by atoms with van der Waals surface area (Å²) in [5.74, 6) is 0.943. The van der Waals surface area contributed by atoms with Gasteiger partial charge in [-0.3, -0.25) is 9.59 Å². The van der Waals surface area contributed by atoms with Gasteiger partial charge in [-0.2, -0.15) is 0 Å². The van der Waals surface area contributed by atoms with Gasteiger partial charge in [0.15, 0.2) is 5.76 Å². The number of nitrogens with two attached hydrogens (primary N) is 1. The van der Waals surface area contributed by atoms with Gasteiger partial charge in [-0.25, -0.2) is 0 Å². The molecule has 2 N–H and O–H groups in total. The first-order chi connectivity index (χ1) is 12.1. The summed E-state index contributed by atoms with van der Waals surface area (Å²) in [5, 5.41) is 3.99. The normalized spacial score (nSPS) is 15.2. The molecule has 7 heteroatoms. The van der Waals surface area contributed by atoms with Crippen LogP contribution in [0.25, 0.3) is 11.3 Å². The van der Waals surface area contributed by atoms with Gasteiger partial charge in [-0.05, 0) is 37.1 Å². The van der Waals surface area contributed by atoms with E-state index in [2.05, 4.69) is 5.16 Å². The molecule has 1 aromatic heterocycles. The van der Waals surface area contributed by atoms with Gasteiger partial charge in [-0.1, -0.05) is 5.16 Å². The number of ether oxygens (including phenoxy) is 1. The van der Waals surface area contributed by atoms with Crippen molar-refractivity contribution in [3.05, 3.63) is 36.0 Å². The summed E-state index contributed by atoms with van der Waals surface area (Å²) in [4.78, 5) is 25.3. The van der Waals surface area contributed by atoms with Gasteiger partial charge in [-0.15, -0.1) is 0 Å². The molecule has 0 saturated carbocycles. The van der Waals surface area contributed by atoms with E-state index in [4.69, 9.17) is 15.0 Å². The molecule has 1 aromatic carbocycles. The van der Waals surface area contributed by atoms with Crippen LogP contribution in [-0.4, -0.2) is 42.1 Å². The average molecular weight is 343 g/mol. The lowest BCUT2D eigenvalue weighted by molar-refractivity contribution is -0.134. The van der Waals surface area contributed by atoms with Crippen molar-refractivity contribution in [1.82, 2.24) is 10.1 Å². The molecule has 2 amide bonds. The molecule has 3 rings (SSSR count). The maximum atomic E-state index is 12.4. The van der Waals surface area contributed by atoms with Crippen molar-refractivity contribution in [2.24, 2.45) is 11.7 Å². The number of aromatic nitrogens is 1. The first-order valence-electron chi connectivity index (χ1n) is 8.24. The van der Waals surface area contributed by atoms with Crippen LogP contribution in [0.4, 0.5) is 0 Å². The van der Waals surface area contributed by atoms with Crippen molar-refractivity contribution >= 4 is 11.8 Å². The first kappa shape index (κ1) is 17.0. The lowest BCUT2D eigenvalue weighted by Gasteiger charge is -2.30. The predicted octanol–water partition coefficient (Wildman–Crippen LogP) is 1.62. The Hall–Kier alpha value is -2.83. The maximum Gasteiger partial charge on any atom is 0.228 e. The van der Waals surface area contributed by atoms with Crippen molar-refractivity contribution in [1.29, 1.82) is 0 Å². The summed E-state index contributed by atoms with van der Waals surface area (Å²) in [6, 6.07) is 9.20. The van der Waals surface area contributed by atoms with Crippen molar-refractivity contribution in [2.45, 2.75) is 19.3 Å². The average Bonchev–Trinajstić information content (AvgIpc) is 3.10. The van der Waals surface area contributed by atoms with Gasteiger partial charge >= 0.3 is 0 Å². The monoisotopic (exact) mass is 343 g/mol. The molecule has 1 fully saturated rings. The van der Waals surface area contributed by atoms with E-state index in [1.807, 2.05) is 24.3 Å². The van der Waals surface area contributed by atoms with Crippen LogP contribution in [-0.2, 0) is 16.0 Å². The molecular formula is C18H21N3O4. The molecule has 0 radical (unpaired) electrons. The van der Waals surface area contributed by atoms with Gasteiger partial charge in [0.25, 0.3) is 0 Å². The van der Waals surface area contributed by atoms with Crippen molar-refractivity contribution in [2.75, 3.05) is 20.2 Å². The molecule has 1 saturated heterocycles. The van der Waals surface area contributed by atoms with Gasteiger partial charge in [0.1, 0.15) is 5.75 Å². The van der Waals surface area contributed by atoms with Crippen molar-refractivity contribution in [3.63, 3.8) is 0 Å². The van der Waals surface area contributed by atoms with Crippen molar-refractivity contribution in [3.8, 4) is 17.1 Å². The molecule has 0 bridgehead atoms. The quantitative estimate of drug-likeness (QED) is 0.889.